The lowest BCUT2D eigenvalue weighted by Crippen LogP contribution is -2.53. The standard InChI is InChI=1S/C15H21FN4O3/c1-10(21)6-17-11-5-12(19-9-18-11)20-7-14(3-2-4-14)15(16,8-20)13(22)23/h5,9-10,21H,2-4,6-8H2,1H3,(H,22,23)(H,17,18,19). The third-order valence-corrected chi connectivity index (χ3v) is 4.95. The van der Waals surface area contributed by atoms with E-state index in [2.05, 4.69) is 15.3 Å². The van der Waals surface area contributed by atoms with Crippen molar-refractivity contribution in [2.45, 2.75) is 38.0 Å². The summed E-state index contributed by atoms with van der Waals surface area (Å²) in [6.45, 7) is 2.14. The molecule has 2 atom stereocenters. The maximum absolute atomic E-state index is 15.1. The first-order chi connectivity index (χ1) is 10.9. The van der Waals surface area contributed by atoms with E-state index in [1.807, 2.05) is 0 Å². The van der Waals surface area contributed by atoms with Crippen LogP contribution >= 0.6 is 0 Å². The minimum absolute atomic E-state index is 0.199. The van der Waals surface area contributed by atoms with Crippen LogP contribution in [-0.2, 0) is 4.79 Å². The van der Waals surface area contributed by atoms with Crippen molar-refractivity contribution in [3.63, 3.8) is 0 Å². The summed E-state index contributed by atoms with van der Waals surface area (Å²) < 4.78 is 15.1. The molecule has 1 spiro atoms. The second-order valence-corrected chi connectivity index (χ2v) is 6.59. The van der Waals surface area contributed by atoms with Gasteiger partial charge in [-0.15, -0.1) is 0 Å². The number of halogens is 1. The zero-order valence-corrected chi connectivity index (χ0v) is 13.0. The van der Waals surface area contributed by atoms with Crippen LogP contribution in [0.2, 0.25) is 0 Å². The van der Waals surface area contributed by atoms with Gasteiger partial charge < -0.3 is 20.4 Å². The summed E-state index contributed by atoms with van der Waals surface area (Å²) in [5.41, 5.74) is -3.04. The number of nitrogens with zero attached hydrogens (tertiary/aromatic N) is 3. The fourth-order valence-corrected chi connectivity index (χ4v) is 3.46. The fraction of sp³-hybridized carbons (Fsp3) is 0.667. The molecular weight excluding hydrogens is 303 g/mol. The van der Waals surface area contributed by atoms with E-state index >= 15 is 4.39 Å². The number of anilines is 2. The normalized spacial score (nSPS) is 26.8. The predicted molar refractivity (Wildman–Crippen MR) is 82.2 cm³/mol. The number of alkyl halides is 1. The molecule has 2 fully saturated rings. The molecule has 126 valence electrons. The number of rotatable bonds is 5. The van der Waals surface area contributed by atoms with Crippen LogP contribution in [0.3, 0.4) is 0 Å². The molecule has 1 aliphatic heterocycles. The van der Waals surface area contributed by atoms with Crippen molar-refractivity contribution >= 4 is 17.6 Å². The Balaban J connectivity index is 1.80. The maximum atomic E-state index is 15.1. The van der Waals surface area contributed by atoms with Gasteiger partial charge in [0.05, 0.1) is 12.6 Å². The Morgan fingerprint density at radius 2 is 2.22 bits per heavy atom. The average molecular weight is 324 g/mol. The molecule has 2 unspecified atom stereocenters. The van der Waals surface area contributed by atoms with Crippen LogP contribution < -0.4 is 10.2 Å². The topological polar surface area (TPSA) is 98.6 Å². The summed E-state index contributed by atoms with van der Waals surface area (Å²) in [6, 6.07) is 1.66. The molecule has 0 aromatic carbocycles. The average Bonchev–Trinajstić information content (AvgIpc) is 2.81. The van der Waals surface area contributed by atoms with Gasteiger partial charge in [-0.1, -0.05) is 6.42 Å². The van der Waals surface area contributed by atoms with Crippen LogP contribution in [0.15, 0.2) is 12.4 Å². The molecule has 1 aromatic rings. The lowest BCUT2D eigenvalue weighted by molar-refractivity contribution is -0.162. The zero-order valence-electron chi connectivity index (χ0n) is 13.0. The molecule has 0 radical (unpaired) electrons. The van der Waals surface area contributed by atoms with Crippen LogP contribution in [-0.4, -0.2) is 57.6 Å². The molecule has 1 saturated heterocycles. The summed E-state index contributed by atoms with van der Waals surface area (Å²) in [6.07, 6.45) is 2.86. The van der Waals surface area contributed by atoms with Crippen LogP contribution in [0.4, 0.5) is 16.0 Å². The number of aliphatic hydroxyl groups excluding tert-OH is 1. The quantitative estimate of drug-likeness (QED) is 0.744. The Kier molecular flexibility index (Phi) is 3.87. The molecule has 8 heteroatoms. The zero-order chi connectivity index (χ0) is 16.7. The third-order valence-electron chi connectivity index (χ3n) is 4.95. The van der Waals surface area contributed by atoms with E-state index in [1.165, 1.54) is 6.33 Å². The number of carboxylic acid groups (broad SMARTS) is 1. The van der Waals surface area contributed by atoms with Crippen LogP contribution in [0.5, 0.6) is 0 Å². The summed E-state index contributed by atoms with van der Waals surface area (Å²) >= 11 is 0. The predicted octanol–water partition coefficient (Wildman–Crippen LogP) is 1.05. The minimum atomic E-state index is -2.23. The summed E-state index contributed by atoms with van der Waals surface area (Å²) in [5.74, 6) is -0.369. The van der Waals surface area contributed by atoms with Crippen LogP contribution in [0.25, 0.3) is 0 Å². The number of carbonyl (C=O) groups is 1. The Hall–Kier alpha value is -1.96. The van der Waals surface area contributed by atoms with Gasteiger partial charge in [0.1, 0.15) is 18.0 Å². The van der Waals surface area contributed by atoms with Crippen molar-refractivity contribution in [3.8, 4) is 0 Å². The smallest absolute Gasteiger partial charge is 0.344 e. The SMILES string of the molecule is CC(O)CNc1cc(N2CC3(CCC3)C(F)(C(=O)O)C2)ncn1. The highest BCUT2D eigenvalue weighted by molar-refractivity contribution is 5.81. The second-order valence-electron chi connectivity index (χ2n) is 6.59. The van der Waals surface area contributed by atoms with Crippen molar-refractivity contribution in [2.24, 2.45) is 5.41 Å². The Labute approximate surface area is 133 Å². The molecule has 1 aromatic heterocycles. The van der Waals surface area contributed by atoms with Gasteiger partial charge in [0.15, 0.2) is 0 Å². The first kappa shape index (κ1) is 15.9. The first-order valence-electron chi connectivity index (χ1n) is 7.78. The van der Waals surface area contributed by atoms with E-state index < -0.39 is 23.2 Å². The number of aromatic nitrogens is 2. The minimum Gasteiger partial charge on any atom is -0.479 e. The maximum Gasteiger partial charge on any atom is 0.344 e. The molecule has 1 saturated carbocycles. The number of carboxylic acids is 1. The van der Waals surface area contributed by atoms with Gasteiger partial charge in [-0.2, -0.15) is 0 Å². The fourth-order valence-electron chi connectivity index (χ4n) is 3.46. The number of aliphatic carboxylic acids is 1. The lowest BCUT2D eigenvalue weighted by atomic mass is 9.61. The molecule has 3 N–H and O–H groups in total. The van der Waals surface area contributed by atoms with E-state index in [4.69, 9.17) is 0 Å². The highest BCUT2D eigenvalue weighted by atomic mass is 19.1. The molecule has 2 aliphatic rings. The van der Waals surface area contributed by atoms with Gasteiger partial charge in [-0.05, 0) is 19.8 Å². The van der Waals surface area contributed by atoms with E-state index in [1.54, 1.807) is 17.9 Å². The van der Waals surface area contributed by atoms with E-state index in [0.29, 0.717) is 37.6 Å². The van der Waals surface area contributed by atoms with Crippen molar-refractivity contribution in [1.82, 2.24) is 9.97 Å². The number of aliphatic hydroxyl groups is 1. The number of hydrogen-bond donors (Lipinski definition) is 3. The van der Waals surface area contributed by atoms with E-state index in [9.17, 15) is 15.0 Å². The Morgan fingerprint density at radius 3 is 2.74 bits per heavy atom. The monoisotopic (exact) mass is 324 g/mol. The molecule has 23 heavy (non-hydrogen) atoms. The van der Waals surface area contributed by atoms with Crippen molar-refractivity contribution < 1.29 is 19.4 Å². The molecule has 7 nitrogen and oxygen atoms in total. The van der Waals surface area contributed by atoms with Crippen molar-refractivity contribution in [3.05, 3.63) is 12.4 Å². The van der Waals surface area contributed by atoms with Gasteiger partial charge in [0.25, 0.3) is 0 Å². The largest absolute Gasteiger partial charge is 0.479 e. The van der Waals surface area contributed by atoms with Crippen LogP contribution in [0.1, 0.15) is 26.2 Å². The van der Waals surface area contributed by atoms with Crippen molar-refractivity contribution in [2.75, 3.05) is 29.9 Å². The number of nitrogens with one attached hydrogen (secondary N) is 1. The molecule has 2 heterocycles. The molecule has 3 rings (SSSR count). The molecule has 0 amide bonds. The van der Waals surface area contributed by atoms with Crippen LogP contribution in [0, 0.1) is 5.41 Å². The lowest BCUT2D eigenvalue weighted by Gasteiger charge is -2.43. The van der Waals surface area contributed by atoms with Gasteiger partial charge in [-0.3, -0.25) is 0 Å². The Morgan fingerprint density at radius 1 is 1.48 bits per heavy atom. The van der Waals surface area contributed by atoms with E-state index in [0.717, 1.165) is 6.42 Å². The summed E-state index contributed by atoms with van der Waals surface area (Å²) in [5, 5.41) is 21.6. The van der Waals surface area contributed by atoms with Gasteiger partial charge in [0.2, 0.25) is 5.67 Å². The highest BCUT2D eigenvalue weighted by Crippen LogP contribution is 2.56. The Bertz CT molecular complexity index is 608. The van der Waals surface area contributed by atoms with Gasteiger partial charge in [-0.25, -0.2) is 19.2 Å². The third kappa shape index (κ3) is 2.60. The number of hydrogen-bond acceptors (Lipinski definition) is 6. The molecule has 0 bridgehead atoms. The molecular formula is C15H21FN4O3. The van der Waals surface area contributed by atoms with Gasteiger partial charge in [0, 0.05) is 24.6 Å². The second kappa shape index (κ2) is 5.59. The summed E-state index contributed by atoms with van der Waals surface area (Å²) in [4.78, 5) is 21.4. The summed E-state index contributed by atoms with van der Waals surface area (Å²) in [7, 11) is 0. The van der Waals surface area contributed by atoms with E-state index in [-0.39, 0.29) is 6.54 Å². The first-order valence-corrected chi connectivity index (χ1v) is 7.78. The van der Waals surface area contributed by atoms with Crippen molar-refractivity contribution in [1.29, 1.82) is 0 Å². The molecule has 1 aliphatic carbocycles. The van der Waals surface area contributed by atoms with Gasteiger partial charge >= 0.3 is 5.97 Å². The highest BCUT2D eigenvalue weighted by Gasteiger charge is 2.66.